The fourth-order valence-corrected chi connectivity index (χ4v) is 2.78. The molecular weight excluding hydrogens is 279 g/mol. The fourth-order valence-electron chi connectivity index (χ4n) is 2.78. The Balaban J connectivity index is 0.00000200. The van der Waals surface area contributed by atoms with E-state index in [0.717, 1.165) is 31.9 Å². The van der Waals surface area contributed by atoms with E-state index in [-0.39, 0.29) is 25.1 Å². The van der Waals surface area contributed by atoms with Crippen molar-refractivity contribution in [1.82, 2.24) is 10.2 Å². The van der Waals surface area contributed by atoms with E-state index in [4.69, 9.17) is 4.74 Å². The van der Waals surface area contributed by atoms with Gasteiger partial charge in [-0.25, -0.2) is 0 Å². The van der Waals surface area contributed by atoms with E-state index in [0.29, 0.717) is 6.42 Å². The minimum Gasteiger partial charge on any atom is -0.497 e. The Kier molecular flexibility index (Phi) is 7.27. The molecule has 114 valence electrons. The largest absolute Gasteiger partial charge is 0.497 e. The molecule has 1 aliphatic rings. The Hall–Kier alpha value is -0.840. The summed E-state index contributed by atoms with van der Waals surface area (Å²) in [6.07, 6.45) is 0.563. The highest BCUT2D eigenvalue weighted by atomic mass is 35.5. The number of hydrogen-bond acceptors (Lipinski definition) is 3. The van der Waals surface area contributed by atoms with Crippen molar-refractivity contribution in [2.24, 2.45) is 0 Å². The zero-order valence-corrected chi connectivity index (χ0v) is 13.0. The highest BCUT2D eigenvalue weighted by molar-refractivity contribution is 5.85. The summed E-state index contributed by atoms with van der Waals surface area (Å²) in [6, 6.07) is 6.26. The number of aryl methyl sites for hydroxylation is 1. The van der Waals surface area contributed by atoms with Crippen molar-refractivity contribution in [3.8, 4) is 5.75 Å². The second-order valence-corrected chi connectivity index (χ2v) is 5.00. The summed E-state index contributed by atoms with van der Waals surface area (Å²) in [4.78, 5) is 2.38. The van der Waals surface area contributed by atoms with Gasteiger partial charge in [0.1, 0.15) is 5.75 Å². The van der Waals surface area contributed by atoms with Crippen LogP contribution in [0.4, 0.5) is 4.39 Å². The number of methoxy groups -OCH3 is 1. The third kappa shape index (κ3) is 4.08. The summed E-state index contributed by atoms with van der Waals surface area (Å²) in [7, 11) is 1.67. The van der Waals surface area contributed by atoms with Crippen molar-refractivity contribution in [2.45, 2.75) is 19.4 Å². The molecule has 1 aliphatic heterocycles. The number of alkyl halides is 1. The zero-order valence-electron chi connectivity index (χ0n) is 12.2. The van der Waals surface area contributed by atoms with Crippen LogP contribution in [-0.4, -0.2) is 44.9 Å². The average molecular weight is 303 g/mol. The van der Waals surface area contributed by atoms with Crippen molar-refractivity contribution in [3.63, 3.8) is 0 Å². The molecule has 1 aromatic rings. The van der Waals surface area contributed by atoms with Gasteiger partial charge in [-0.3, -0.25) is 9.29 Å². The number of ether oxygens (including phenoxy) is 1. The number of rotatable bonds is 5. The molecule has 1 heterocycles. The van der Waals surface area contributed by atoms with Crippen LogP contribution in [0.3, 0.4) is 0 Å². The molecule has 0 saturated carbocycles. The molecule has 0 unspecified atom stereocenters. The zero-order chi connectivity index (χ0) is 13.7. The molecule has 0 aliphatic carbocycles. The molecule has 1 fully saturated rings. The van der Waals surface area contributed by atoms with E-state index in [2.05, 4.69) is 23.2 Å². The van der Waals surface area contributed by atoms with Gasteiger partial charge in [0.05, 0.1) is 13.8 Å². The Morgan fingerprint density at radius 2 is 2.05 bits per heavy atom. The van der Waals surface area contributed by atoms with Crippen LogP contribution < -0.4 is 10.1 Å². The first kappa shape index (κ1) is 17.2. The number of nitrogens with one attached hydrogen (secondary N) is 1. The van der Waals surface area contributed by atoms with E-state index in [1.807, 2.05) is 12.1 Å². The van der Waals surface area contributed by atoms with Crippen LogP contribution in [0.25, 0.3) is 0 Å². The quantitative estimate of drug-likeness (QED) is 0.905. The van der Waals surface area contributed by atoms with Crippen LogP contribution in [0.1, 0.15) is 23.6 Å². The number of halogens is 2. The smallest absolute Gasteiger partial charge is 0.119 e. The highest BCUT2D eigenvalue weighted by Gasteiger charge is 2.23. The van der Waals surface area contributed by atoms with Gasteiger partial charge in [0.15, 0.2) is 0 Å². The third-order valence-corrected chi connectivity index (χ3v) is 3.81. The van der Waals surface area contributed by atoms with E-state index >= 15 is 0 Å². The number of benzene rings is 1. The average Bonchev–Trinajstić information content (AvgIpc) is 2.46. The Bertz CT molecular complexity index is 411. The van der Waals surface area contributed by atoms with Crippen molar-refractivity contribution in [1.29, 1.82) is 0 Å². The number of piperazine rings is 1. The molecule has 2 rings (SSSR count). The first-order valence-electron chi connectivity index (χ1n) is 6.91. The summed E-state index contributed by atoms with van der Waals surface area (Å²) in [6.45, 7) is 5.73. The molecule has 0 spiro atoms. The maximum Gasteiger partial charge on any atom is 0.119 e. The first-order chi connectivity index (χ1) is 9.26. The molecule has 0 amide bonds. The monoisotopic (exact) mass is 302 g/mol. The maximum absolute atomic E-state index is 12.9. The van der Waals surface area contributed by atoms with E-state index in [9.17, 15) is 4.39 Å². The second kappa shape index (κ2) is 8.45. The fraction of sp³-hybridized carbons (Fsp3) is 0.600. The van der Waals surface area contributed by atoms with Crippen LogP contribution in [0, 0.1) is 6.92 Å². The normalized spacial score (nSPS) is 17.4. The van der Waals surface area contributed by atoms with Gasteiger partial charge in [-0.2, -0.15) is 0 Å². The Labute approximate surface area is 126 Å². The molecule has 1 aromatic carbocycles. The summed E-state index contributed by atoms with van der Waals surface area (Å²) >= 11 is 0. The van der Waals surface area contributed by atoms with Gasteiger partial charge in [-0.1, -0.05) is 6.07 Å². The van der Waals surface area contributed by atoms with E-state index in [1.165, 1.54) is 11.1 Å². The molecule has 20 heavy (non-hydrogen) atoms. The van der Waals surface area contributed by atoms with Crippen molar-refractivity contribution in [2.75, 3.05) is 40.0 Å². The molecule has 1 saturated heterocycles. The molecule has 3 nitrogen and oxygen atoms in total. The van der Waals surface area contributed by atoms with Gasteiger partial charge in [0.25, 0.3) is 0 Å². The topological polar surface area (TPSA) is 24.5 Å². The second-order valence-electron chi connectivity index (χ2n) is 5.00. The molecule has 0 bridgehead atoms. The lowest BCUT2D eigenvalue weighted by atomic mass is 9.97. The predicted octanol–water partition coefficient (Wildman–Crippen LogP) is 2.73. The summed E-state index contributed by atoms with van der Waals surface area (Å²) in [5.41, 5.74) is 2.40. The third-order valence-electron chi connectivity index (χ3n) is 3.81. The first-order valence-corrected chi connectivity index (χ1v) is 6.91. The Morgan fingerprint density at radius 1 is 1.35 bits per heavy atom. The van der Waals surface area contributed by atoms with Gasteiger partial charge in [-0.15, -0.1) is 12.4 Å². The van der Waals surface area contributed by atoms with Crippen molar-refractivity contribution >= 4 is 12.4 Å². The standard InChI is InChI=1S/C15H23FN2O.ClH/c1-12-11-13(19-2)3-4-14(12)15(5-6-16)18-9-7-17-8-10-18;/h3-4,11,15,17H,5-10H2,1-2H3;1H/t15-;/m1./s1. The minimum absolute atomic E-state index is 0. The van der Waals surface area contributed by atoms with E-state index < -0.39 is 0 Å². The lowest BCUT2D eigenvalue weighted by Crippen LogP contribution is -2.45. The van der Waals surface area contributed by atoms with Crippen molar-refractivity contribution in [3.05, 3.63) is 29.3 Å². The number of hydrogen-bond donors (Lipinski definition) is 1. The molecular formula is C15H24ClFN2O. The van der Waals surface area contributed by atoms with Crippen LogP contribution >= 0.6 is 12.4 Å². The highest BCUT2D eigenvalue weighted by Crippen LogP contribution is 2.29. The summed E-state index contributed by atoms with van der Waals surface area (Å²) in [5, 5.41) is 3.34. The SMILES string of the molecule is COc1ccc([C@@H](CCF)N2CCNCC2)c(C)c1.Cl. The predicted molar refractivity (Wildman–Crippen MR) is 82.8 cm³/mol. The molecule has 0 radical (unpaired) electrons. The van der Waals surface area contributed by atoms with Gasteiger partial charge < -0.3 is 10.1 Å². The van der Waals surface area contributed by atoms with Gasteiger partial charge in [0, 0.05) is 32.2 Å². The summed E-state index contributed by atoms with van der Waals surface area (Å²) < 4.78 is 18.1. The van der Waals surface area contributed by atoms with Crippen LogP contribution in [0.15, 0.2) is 18.2 Å². The van der Waals surface area contributed by atoms with Gasteiger partial charge >= 0.3 is 0 Å². The van der Waals surface area contributed by atoms with Crippen LogP contribution in [0.2, 0.25) is 0 Å². The molecule has 1 N–H and O–H groups in total. The summed E-state index contributed by atoms with van der Waals surface area (Å²) in [5.74, 6) is 0.862. The van der Waals surface area contributed by atoms with Crippen molar-refractivity contribution < 1.29 is 9.13 Å². The van der Waals surface area contributed by atoms with E-state index in [1.54, 1.807) is 7.11 Å². The van der Waals surface area contributed by atoms with Gasteiger partial charge in [-0.05, 0) is 36.6 Å². The number of nitrogens with zero attached hydrogens (tertiary/aromatic N) is 1. The Morgan fingerprint density at radius 3 is 2.60 bits per heavy atom. The lowest BCUT2D eigenvalue weighted by Gasteiger charge is -2.35. The van der Waals surface area contributed by atoms with Gasteiger partial charge in [0.2, 0.25) is 0 Å². The molecule has 0 aromatic heterocycles. The lowest BCUT2D eigenvalue weighted by molar-refractivity contribution is 0.157. The minimum atomic E-state index is -0.278. The van der Waals surface area contributed by atoms with Crippen LogP contribution in [0.5, 0.6) is 5.75 Å². The molecule has 1 atom stereocenters. The molecule has 5 heteroatoms. The van der Waals surface area contributed by atoms with Crippen LogP contribution in [-0.2, 0) is 0 Å². The maximum atomic E-state index is 12.9.